The van der Waals surface area contributed by atoms with Crippen LogP contribution in [-0.4, -0.2) is 16.3 Å². The summed E-state index contributed by atoms with van der Waals surface area (Å²) in [7, 11) is 1.58. The first-order valence-corrected chi connectivity index (χ1v) is 6.97. The largest absolute Gasteiger partial charge is 0.419 e. The summed E-state index contributed by atoms with van der Waals surface area (Å²) in [6.07, 6.45) is 0. The highest BCUT2D eigenvalue weighted by molar-refractivity contribution is 6.06. The molecule has 23 heavy (non-hydrogen) atoms. The Hall–Kier alpha value is -3.15. The fourth-order valence-corrected chi connectivity index (χ4v) is 2.29. The van der Waals surface area contributed by atoms with E-state index in [0.717, 1.165) is 0 Å². The number of anilines is 1. The Labute approximate surface area is 131 Å². The van der Waals surface area contributed by atoms with E-state index in [9.17, 15) is 14.4 Å². The highest BCUT2D eigenvalue weighted by atomic mass is 16.4. The number of aromatic nitrogens is 1. The van der Waals surface area contributed by atoms with E-state index in [2.05, 4.69) is 5.32 Å². The summed E-state index contributed by atoms with van der Waals surface area (Å²) >= 11 is 0. The Morgan fingerprint density at radius 3 is 2.61 bits per heavy atom. The number of nitrogens with one attached hydrogen (secondary N) is 1. The summed E-state index contributed by atoms with van der Waals surface area (Å²) in [5.74, 6) is -0.885. The van der Waals surface area contributed by atoms with Crippen molar-refractivity contribution in [1.82, 2.24) is 4.57 Å². The van der Waals surface area contributed by atoms with Crippen LogP contribution in [0.4, 0.5) is 5.69 Å². The number of hydrogen-bond acceptors (Lipinski definition) is 4. The van der Waals surface area contributed by atoms with Gasteiger partial charge in [-0.15, -0.1) is 0 Å². The van der Waals surface area contributed by atoms with Crippen molar-refractivity contribution >= 4 is 28.5 Å². The molecule has 0 spiro atoms. The van der Waals surface area contributed by atoms with Crippen LogP contribution in [-0.2, 0) is 7.05 Å². The third-order valence-corrected chi connectivity index (χ3v) is 3.58. The molecular weight excluding hydrogens is 296 g/mol. The zero-order valence-corrected chi connectivity index (χ0v) is 12.6. The van der Waals surface area contributed by atoms with E-state index in [1.54, 1.807) is 49.5 Å². The van der Waals surface area contributed by atoms with Crippen LogP contribution in [0.15, 0.2) is 51.7 Å². The predicted molar refractivity (Wildman–Crippen MR) is 85.9 cm³/mol. The molecule has 0 aliphatic heterocycles. The van der Waals surface area contributed by atoms with Crippen molar-refractivity contribution in [1.29, 1.82) is 0 Å². The van der Waals surface area contributed by atoms with Crippen molar-refractivity contribution in [3.05, 3.63) is 64.1 Å². The van der Waals surface area contributed by atoms with Crippen molar-refractivity contribution in [3.63, 3.8) is 0 Å². The van der Waals surface area contributed by atoms with Crippen LogP contribution < -0.4 is 11.1 Å². The van der Waals surface area contributed by atoms with Gasteiger partial charge in [0.15, 0.2) is 11.4 Å². The topological polar surface area (TPSA) is 81.3 Å². The summed E-state index contributed by atoms with van der Waals surface area (Å²) in [6, 6.07) is 11.5. The number of benzene rings is 2. The number of aryl methyl sites for hydroxylation is 1. The van der Waals surface area contributed by atoms with Gasteiger partial charge in [-0.25, -0.2) is 4.79 Å². The number of oxazole rings is 1. The minimum Gasteiger partial charge on any atom is -0.408 e. The molecule has 0 aliphatic rings. The number of nitrogens with zero attached hydrogens (tertiary/aromatic N) is 1. The smallest absolute Gasteiger partial charge is 0.408 e. The molecule has 2 aromatic carbocycles. The van der Waals surface area contributed by atoms with Crippen LogP contribution >= 0.6 is 0 Å². The average Bonchev–Trinajstić information content (AvgIpc) is 2.82. The Morgan fingerprint density at radius 1 is 1.09 bits per heavy atom. The van der Waals surface area contributed by atoms with Crippen LogP contribution in [0, 0.1) is 0 Å². The molecule has 0 bridgehead atoms. The molecule has 1 amide bonds. The van der Waals surface area contributed by atoms with Gasteiger partial charge in [-0.1, -0.05) is 12.1 Å². The summed E-state index contributed by atoms with van der Waals surface area (Å²) in [5, 5.41) is 2.74. The number of fused-ring (bicyclic) bond motifs is 1. The molecule has 6 nitrogen and oxygen atoms in total. The SMILES string of the molecule is CC(=O)c1cccc(NC(=O)c2ccc3oc(=O)n(C)c3c2)c1. The first-order valence-electron chi connectivity index (χ1n) is 6.97. The van der Waals surface area contributed by atoms with Crippen LogP contribution in [0.25, 0.3) is 11.1 Å². The lowest BCUT2D eigenvalue weighted by Crippen LogP contribution is -2.13. The summed E-state index contributed by atoms with van der Waals surface area (Å²) in [5.41, 5.74) is 2.41. The Morgan fingerprint density at radius 2 is 1.87 bits per heavy atom. The van der Waals surface area contributed by atoms with Crippen molar-refractivity contribution in [3.8, 4) is 0 Å². The second-order valence-electron chi connectivity index (χ2n) is 5.20. The number of ketones is 1. The van der Waals surface area contributed by atoms with Crippen molar-refractivity contribution < 1.29 is 14.0 Å². The molecule has 1 aromatic heterocycles. The lowest BCUT2D eigenvalue weighted by atomic mass is 10.1. The van der Waals surface area contributed by atoms with Gasteiger partial charge in [0.05, 0.1) is 5.52 Å². The maximum atomic E-state index is 12.3. The van der Waals surface area contributed by atoms with Crippen LogP contribution in [0.1, 0.15) is 27.6 Å². The average molecular weight is 310 g/mol. The molecule has 116 valence electrons. The lowest BCUT2D eigenvalue weighted by molar-refractivity contribution is 0.101. The fourth-order valence-electron chi connectivity index (χ4n) is 2.29. The quantitative estimate of drug-likeness (QED) is 0.754. The number of hydrogen-bond donors (Lipinski definition) is 1. The minimum absolute atomic E-state index is 0.0732. The van der Waals surface area contributed by atoms with Gasteiger partial charge in [0.25, 0.3) is 5.91 Å². The molecule has 0 atom stereocenters. The molecule has 0 saturated carbocycles. The maximum Gasteiger partial charge on any atom is 0.419 e. The van der Waals surface area contributed by atoms with Gasteiger partial charge in [-0.2, -0.15) is 0 Å². The fraction of sp³-hybridized carbons (Fsp3) is 0.118. The molecular formula is C17H14N2O4. The van der Waals surface area contributed by atoms with E-state index in [1.807, 2.05) is 0 Å². The highest BCUT2D eigenvalue weighted by Crippen LogP contribution is 2.17. The first kappa shape index (κ1) is 14.8. The van der Waals surface area contributed by atoms with Crippen LogP contribution in [0.3, 0.4) is 0 Å². The number of carbonyl (C=O) groups is 2. The van der Waals surface area contributed by atoms with E-state index in [0.29, 0.717) is 27.9 Å². The van der Waals surface area contributed by atoms with Gasteiger partial charge in [0.1, 0.15) is 0 Å². The van der Waals surface area contributed by atoms with E-state index >= 15 is 0 Å². The Balaban J connectivity index is 1.91. The first-order chi connectivity index (χ1) is 11.0. The van der Waals surface area contributed by atoms with Gasteiger partial charge in [-0.3, -0.25) is 14.2 Å². The molecule has 6 heteroatoms. The third kappa shape index (κ3) is 2.78. The molecule has 0 saturated heterocycles. The summed E-state index contributed by atoms with van der Waals surface area (Å²) in [6.45, 7) is 1.47. The molecule has 3 rings (SSSR count). The second kappa shape index (κ2) is 5.57. The number of amides is 1. The molecule has 1 heterocycles. The molecule has 1 N–H and O–H groups in total. The second-order valence-corrected chi connectivity index (χ2v) is 5.20. The lowest BCUT2D eigenvalue weighted by Gasteiger charge is -2.06. The van der Waals surface area contributed by atoms with E-state index < -0.39 is 5.76 Å². The molecule has 0 aliphatic carbocycles. The van der Waals surface area contributed by atoms with Gasteiger partial charge in [0.2, 0.25) is 0 Å². The van der Waals surface area contributed by atoms with Crippen molar-refractivity contribution in [2.75, 3.05) is 5.32 Å². The zero-order valence-electron chi connectivity index (χ0n) is 12.6. The van der Waals surface area contributed by atoms with Crippen molar-refractivity contribution in [2.24, 2.45) is 7.05 Å². The Bertz CT molecular complexity index is 982. The third-order valence-electron chi connectivity index (χ3n) is 3.58. The maximum absolute atomic E-state index is 12.3. The highest BCUT2D eigenvalue weighted by Gasteiger charge is 2.12. The zero-order chi connectivity index (χ0) is 16.6. The van der Waals surface area contributed by atoms with Gasteiger partial charge in [0, 0.05) is 23.9 Å². The monoisotopic (exact) mass is 310 g/mol. The van der Waals surface area contributed by atoms with E-state index in [1.165, 1.54) is 11.5 Å². The summed E-state index contributed by atoms with van der Waals surface area (Å²) in [4.78, 5) is 35.2. The molecule has 0 fully saturated rings. The molecule has 3 aromatic rings. The number of carbonyl (C=O) groups excluding carboxylic acids is 2. The van der Waals surface area contributed by atoms with Crippen molar-refractivity contribution in [2.45, 2.75) is 6.92 Å². The number of Topliss-reactive ketones (excluding diaryl/α,β-unsaturated/α-hetero) is 1. The van der Waals surface area contributed by atoms with Crippen LogP contribution in [0.5, 0.6) is 0 Å². The molecule has 0 unspecified atom stereocenters. The van der Waals surface area contributed by atoms with Gasteiger partial charge < -0.3 is 9.73 Å². The van der Waals surface area contributed by atoms with E-state index in [4.69, 9.17) is 4.42 Å². The molecule has 0 radical (unpaired) electrons. The minimum atomic E-state index is -0.480. The predicted octanol–water partition coefficient (Wildman–Crippen LogP) is 2.59. The normalized spacial score (nSPS) is 10.7. The van der Waals surface area contributed by atoms with Crippen LogP contribution in [0.2, 0.25) is 0 Å². The van der Waals surface area contributed by atoms with Gasteiger partial charge in [-0.05, 0) is 37.3 Å². The Kier molecular flexibility index (Phi) is 3.57. The number of rotatable bonds is 3. The standard InChI is InChI=1S/C17H14N2O4/c1-10(20)11-4-3-5-13(8-11)18-16(21)12-6-7-15-14(9-12)19(2)17(22)23-15/h3-9H,1-2H3,(H,18,21). The van der Waals surface area contributed by atoms with E-state index in [-0.39, 0.29) is 11.7 Å². The van der Waals surface area contributed by atoms with Gasteiger partial charge >= 0.3 is 5.76 Å². The summed E-state index contributed by atoms with van der Waals surface area (Å²) < 4.78 is 6.37.